The van der Waals surface area contributed by atoms with Crippen molar-refractivity contribution in [2.75, 3.05) is 30.3 Å². The Morgan fingerprint density at radius 2 is 1.38 bits per heavy atom. The largest absolute Gasteiger partial charge is 0.372 e. The topological polar surface area (TPSA) is 3.24 Å². The van der Waals surface area contributed by atoms with Crippen molar-refractivity contribution in [3.63, 3.8) is 0 Å². The summed E-state index contributed by atoms with van der Waals surface area (Å²) in [5.41, 5.74) is 1.36. The Morgan fingerprint density at radius 3 is 1.75 bits per heavy atom. The van der Waals surface area contributed by atoms with Gasteiger partial charge in [-0.25, -0.2) is 0 Å². The van der Waals surface area contributed by atoms with Crippen LogP contribution in [0.3, 0.4) is 0 Å². The van der Waals surface area contributed by atoms with Gasteiger partial charge < -0.3 is 4.90 Å². The lowest BCUT2D eigenvalue weighted by molar-refractivity contribution is 0.866. The van der Waals surface area contributed by atoms with Crippen LogP contribution >= 0.6 is 7.92 Å². The fourth-order valence-electron chi connectivity index (χ4n) is 2.05. The highest BCUT2D eigenvalue weighted by molar-refractivity contribution is 7.65. The van der Waals surface area contributed by atoms with E-state index in [0.717, 1.165) is 13.1 Å². The van der Waals surface area contributed by atoms with E-state index in [0.29, 0.717) is 0 Å². The van der Waals surface area contributed by atoms with Crippen LogP contribution < -0.4 is 10.2 Å². The average molecular weight is 237 g/mol. The molecule has 1 aromatic carbocycles. The first-order valence-corrected chi connectivity index (χ1v) is 8.07. The maximum absolute atomic E-state index is 2.39. The molecule has 0 amide bonds. The van der Waals surface area contributed by atoms with Crippen molar-refractivity contribution in [3.05, 3.63) is 24.3 Å². The molecule has 0 bridgehead atoms. The van der Waals surface area contributed by atoms with E-state index in [-0.39, 0.29) is 7.92 Å². The van der Waals surface area contributed by atoms with Crippen LogP contribution in [0.2, 0.25) is 0 Å². The summed E-state index contributed by atoms with van der Waals surface area (Å²) in [4.78, 5) is 2.39. The van der Waals surface area contributed by atoms with E-state index >= 15 is 0 Å². The smallest absolute Gasteiger partial charge is 0.0366 e. The fraction of sp³-hybridized carbons (Fsp3) is 0.571. The van der Waals surface area contributed by atoms with E-state index in [9.17, 15) is 0 Å². The van der Waals surface area contributed by atoms with Crippen LogP contribution in [0.25, 0.3) is 0 Å². The van der Waals surface area contributed by atoms with Gasteiger partial charge in [-0.1, -0.05) is 33.9 Å². The predicted molar refractivity (Wildman–Crippen MR) is 77.6 cm³/mol. The molecule has 0 aliphatic heterocycles. The molecule has 0 saturated carbocycles. The Morgan fingerprint density at radius 1 is 0.875 bits per heavy atom. The Labute approximate surface area is 102 Å². The third-order valence-corrected chi connectivity index (χ3v) is 5.66. The van der Waals surface area contributed by atoms with Crippen molar-refractivity contribution in [1.82, 2.24) is 0 Å². The molecule has 0 spiro atoms. The zero-order valence-corrected chi connectivity index (χ0v) is 11.9. The molecule has 0 atom stereocenters. The lowest BCUT2D eigenvalue weighted by Gasteiger charge is -2.22. The molecular formula is C14H24NP. The predicted octanol–water partition coefficient (Wildman–Crippen LogP) is 3.68. The number of benzene rings is 1. The minimum Gasteiger partial charge on any atom is -0.372 e. The molecule has 0 aliphatic carbocycles. The van der Waals surface area contributed by atoms with Crippen LogP contribution in [0.1, 0.15) is 27.7 Å². The summed E-state index contributed by atoms with van der Waals surface area (Å²) in [6, 6.07) is 9.21. The molecule has 0 unspecified atom stereocenters. The number of rotatable bonds is 6. The second kappa shape index (κ2) is 6.91. The third-order valence-electron chi connectivity index (χ3n) is 3.11. The average Bonchev–Trinajstić information content (AvgIpc) is 2.34. The first-order chi connectivity index (χ1) is 7.76. The molecular weight excluding hydrogens is 213 g/mol. The Hall–Kier alpha value is -0.550. The Kier molecular flexibility index (Phi) is 5.84. The fourth-order valence-corrected chi connectivity index (χ4v) is 3.80. The summed E-state index contributed by atoms with van der Waals surface area (Å²) in [5.74, 6) is 0. The van der Waals surface area contributed by atoms with E-state index in [2.05, 4.69) is 56.9 Å². The summed E-state index contributed by atoms with van der Waals surface area (Å²) >= 11 is 0. The summed E-state index contributed by atoms with van der Waals surface area (Å²) in [7, 11) is 0.0900. The van der Waals surface area contributed by atoms with Gasteiger partial charge in [-0.15, -0.1) is 0 Å². The molecule has 16 heavy (non-hydrogen) atoms. The highest BCUT2D eigenvalue weighted by Gasteiger charge is 2.07. The van der Waals surface area contributed by atoms with Gasteiger partial charge in [0, 0.05) is 18.8 Å². The molecule has 1 aromatic rings. The Balaban J connectivity index is 2.81. The quantitative estimate of drug-likeness (QED) is 0.682. The summed E-state index contributed by atoms with van der Waals surface area (Å²) < 4.78 is 0. The standard InChI is InChI=1S/C14H24NP/c1-5-15(6-2)13-9-11-14(12-10-13)16(7-3)8-4/h9-12H,5-8H2,1-4H3. The van der Waals surface area contributed by atoms with Crippen LogP contribution in [-0.2, 0) is 0 Å². The molecule has 0 aromatic heterocycles. The van der Waals surface area contributed by atoms with Gasteiger partial charge in [0.25, 0.3) is 0 Å². The number of anilines is 1. The molecule has 1 rings (SSSR count). The lowest BCUT2D eigenvalue weighted by Crippen LogP contribution is -2.22. The summed E-state index contributed by atoms with van der Waals surface area (Å²) in [6.45, 7) is 11.2. The van der Waals surface area contributed by atoms with Gasteiger partial charge in [0.2, 0.25) is 0 Å². The van der Waals surface area contributed by atoms with E-state index < -0.39 is 0 Å². The van der Waals surface area contributed by atoms with Gasteiger partial charge in [-0.2, -0.15) is 0 Å². The van der Waals surface area contributed by atoms with Gasteiger partial charge in [0.05, 0.1) is 0 Å². The van der Waals surface area contributed by atoms with E-state index in [1.165, 1.54) is 18.0 Å². The van der Waals surface area contributed by atoms with E-state index in [1.54, 1.807) is 5.30 Å². The van der Waals surface area contributed by atoms with Crippen LogP contribution in [0.15, 0.2) is 24.3 Å². The number of hydrogen-bond acceptors (Lipinski definition) is 1. The summed E-state index contributed by atoms with van der Waals surface area (Å²) in [6.07, 6.45) is 2.60. The normalized spacial score (nSPS) is 10.8. The van der Waals surface area contributed by atoms with Gasteiger partial charge in [0.1, 0.15) is 0 Å². The molecule has 0 aliphatic rings. The monoisotopic (exact) mass is 237 g/mol. The molecule has 1 nitrogen and oxygen atoms in total. The maximum atomic E-state index is 2.39. The van der Waals surface area contributed by atoms with Crippen molar-refractivity contribution in [1.29, 1.82) is 0 Å². The van der Waals surface area contributed by atoms with Gasteiger partial charge >= 0.3 is 0 Å². The zero-order valence-electron chi connectivity index (χ0n) is 11.0. The highest BCUT2D eigenvalue weighted by atomic mass is 31.1. The maximum Gasteiger partial charge on any atom is 0.0366 e. The molecule has 0 N–H and O–H groups in total. The Bertz CT molecular complexity index is 255. The number of hydrogen-bond donors (Lipinski definition) is 0. The van der Waals surface area contributed by atoms with E-state index in [4.69, 9.17) is 0 Å². The van der Waals surface area contributed by atoms with Crippen molar-refractivity contribution in [2.24, 2.45) is 0 Å². The van der Waals surface area contributed by atoms with Gasteiger partial charge in [-0.05, 0) is 43.6 Å². The molecule has 2 heteroatoms. The van der Waals surface area contributed by atoms with Gasteiger partial charge in [-0.3, -0.25) is 0 Å². The third kappa shape index (κ3) is 3.22. The van der Waals surface area contributed by atoms with E-state index in [1.807, 2.05) is 0 Å². The molecule has 0 heterocycles. The van der Waals surface area contributed by atoms with Crippen molar-refractivity contribution in [3.8, 4) is 0 Å². The molecule has 0 saturated heterocycles. The van der Waals surface area contributed by atoms with Crippen LogP contribution in [0, 0.1) is 0 Å². The van der Waals surface area contributed by atoms with Crippen molar-refractivity contribution in [2.45, 2.75) is 27.7 Å². The van der Waals surface area contributed by atoms with Crippen LogP contribution in [0.5, 0.6) is 0 Å². The first kappa shape index (κ1) is 13.5. The molecule has 0 radical (unpaired) electrons. The molecule has 0 fully saturated rings. The lowest BCUT2D eigenvalue weighted by atomic mass is 10.3. The van der Waals surface area contributed by atoms with Crippen molar-refractivity contribution >= 4 is 18.9 Å². The second-order valence-electron chi connectivity index (χ2n) is 3.86. The van der Waals surface area contributed by atoms with Crippen molar-refractivity contribution < 1.29 is 0 Å². The second-order valence-corrected chi connectivity index (χ2v) is 6.72. The zero-order chi connectivity index (χ0) is 12.0. The van der Waals surface area contributed by atoms with Crippen LogP contribution in [-0.4, -0.2) is 25.4 Å². The number of nitrogens with zero attached hydrogens (tertiary/aromatic N) is 1. The van der Waals surface area contributed by atoms with Crippen LogP contribution in [0.4, 0.5) is 5.69 Å². The SMILES string of the molecule is CCN(CC)c1ccc(P(CC)CC)cc1. The molecule has 90 valence electrons. The minimum absolute atomic E-state index is 0.0900. The minimum atomic E-state index is 0.0900. The highest BCUT2D eigenvalue weighted by Crippen LogP contribution is 2.33. The summed E-state index contributed by atoms with van der Waals surface area (Å²) in [5, 5.41) is 1.55. The van der Waals surface area contributed by atoms with Gasteiger partial charge in [0.15, 0.2) is 0 Å². The first-order valence-electron chi connectivity index (χ1n) is 6.36.